The van der Waals surface area contributed by atoms with Gasteiger partial charge < -0.3 is 13.8 Å². The largest absolute Gasteiger partial charge is 0.458 e. The van der Waals surface area contributed by atoms with Crippen LogP contribution in [0.2, 0.25) is 0 Å². The lowest BCUT2D eigenvalue weighted by molar-refractivity contribution is -0.158. The van der Waals surface area contributed by atoms with Gasteiger partial charge in [0.25, 0.3) is 0 Å². The van der Waals surface area contributed by atoms with Crippen molar-refractivity contribution in [1.29, 1.82) is 0 Å². The maximum atomic E-state index is 14.2. The minimum absolute atomic E-state index is 0.0593. The molecule has 0 aromatic carbocycles. The van der Waals surface area contributed by atoms with Gasteiger partial charge >= 0.3 is 19.2 Å². The molecule has 0 fully saturated rings. The molecule has 0 heterocycles. The van der Waals surface area contributed by atoms with E-state index in [9.17, 15) is 18.1 Å². The highest BCUT2D eigenvalue weighted by atomic mass is 31.2. The molecule has 0 aliphatic heterocycles. The van der Waals surface area contributed by atoms with E-state index in [0.29, 0.717) is 6.42 Å². The standard InChI is InChI=1S/C16H31F2O5P/c1-8-22-24(20,23-9-2)16(17,18)11-21-14(19)13(12(3)4)10-15(5,6)7/h12-13H,8-11H2,1-7H3. The molecule has 0 spiro atoms. The van der Waals surface area contributed by atoms with Crippen LogP contribution in [0, 0.1) is 17.3 Å². The first-order chi connectivity index (χ1) is 10.8. The molecule has 24 heavy (non-hydrogen) atoms. The fraction of sp³-hybridized carbons (Fsp3) is 0.938. The zero-order chi connectivity index (χ0) is 19.2. The van der Waals surface area contributed by atoms with Crippen molar-refractivity contribution in [2.24, 2.45) is 17.3 Å². The molecule has 0 amide bonds. The van der Waals surface area contributed by atoms with Crippen LogP contribution in [0.3, 0.4) is 0 Å². The van der Waals surface area contributed by atoms with E-state index in [1.165, 1.54) is 13.8 Å². The Morgan fingerprint density at radius 2 is 1.54 bits per heavy atom. The van der Waals surface area contributed by atoms with E-state index in [0.717, 1.165) is 0 Å². The molecule has 1 atom stereocenters. The van der Waals surface area contributed by atoms with Crippen LogP contribution in [0.15, 0.2) is 0 Å². The summed E-state index contributed by atoms with van der Waals surface area (Å²) in [5.41, 5.74) is -4.04. The molecule has 0 radical (unpaired) electrons. The number of hydrogen-bond donors (Lipinski definition) is 0. The van der Waals surface area contributed by atoms with E-state index in [1.807, 2.05) is 34.6 Å². The summed E-state index contributed by atoms with van der Waals surface area (Å²) in [5.74, 6) is -1.30. The Bertz CT molecular complexity index is 436. The van der Waals surface area contributed by atoms with E-state index in [2.05, 4.69) is 9.05 Å². The summed E-state index contributed by atoms with van der Waals surface area (Å²) in [7, 11) is -4.68. The van der Waals surface area contributed by atoms with Crippen molar-refractivity contribution in [2.75, 3.05) is 19.8 Å². The minimum atomic E-state index is -4.68. The molecule has 0 aliphatic rings. The van der Waals surface area contributed by atoms with E-state index in [1.54, 1.807) is 0 Å². The van der Waals surface area contributed by atoms with Gasteiger partial charge in [-0.2, -0.15) is 8.78 Å². The summed E-state index contributed by atoms with van der Waals surface area (Å²) in [6.07, 6.45) is 0.504. The Morgan fingerprint density at radius 1 is 1.08 bits per heavy atom. The third-order valence-electron chi connectivity index (χ3n) is 3.33. The molecule has 8 heteroatoms. The molecule has 0 aromatic rings. The van der Waals surface area contributed by atoms with Gasteiger partial charge in [0.05, 0.1) is 19.1 Å². The highest BCUT2D eigenvalue weighted by molar-refractivity contribution is 7.55. The molecule has 5 nitrogen and oxygen atoms in total. The predicted octanol–water partition coefficient (Wildman–Crippen LogP) is 5.10. The van der Waals surface area contributed by atoms with Gasteiger partial charge in [0.1, 0.15) is 0 Å². The number of carbonyl (C=O) groups excluding carboxylic acids is 1. The Labute approximate surface area is 144 Å². The molecule has 1 unspecified atom stereocenters. The topological polar surface area (TPSA) is 61.8 Å². The van der Waals surface area contributed by atoms with Crippen LogP contribution in [0.5, 0.6) is 0 Å². The van der Waals surface area contributed by atoms with Crippen molar-refractivity contribution >= 4 is 13.6 Å². The number of ether oxygens (including phenoxy) is 1. The lowest BCUT2D eigenvalue weighted by atomic mass is 9.80. The molecule has 0 aromatic heterocycles. The second-order valence-corrected chi connectivity index (χ2v) is 9.39. The predicted molar refractivity (Wildman–Crippen MR) is 89.2 cm³/mol. The van der Waals surface area contributed by atoms with Gasteiger partial charge in [-0.25, -0.2) is 0 Å². The van der Waals surface area contributed by atoms with Crippen LogP contribution in [0.25, 0.3) is 0 Å². The minimum Gasteiger partial charge on any atom is -0.458 e. The van der Waals surface area contributed by atoms with Crippen molar-refractivity contribution in [3.05, 3.63) is 0 Å². The fourth-order valence-electron chi connectivity index (χ4n) is 2.16. The Hall–Kier alpha value is -0.520. The molecule has 0 bridgehead atoms. The Kier molecular flexibility index (Phi) is 9.05. The zero-order valence-electron chi connectivity index (χ0n) is 15.7. The van der Waals surface area contributed by atoms with Crippen molar-refractivity contribution in [3.63, 3.8) is 0 Å². The first-order valence-electron chi connectivity index (χ1n) is 8.23. The summed E-state index contributed by atoms with van der Waals surface area (Å²) in [6, 6.07) is 0. The van der Waals surface area contributed by atoms with Gasteiger partial charge in [0.2, 0.25) is 0 Å². The molecule has 0 rings (SSSR count). The number of carbonyl (C=O) groups is 1. The molecule has 144 valence electrons. The van der Waals surface area contributed by atoms with Crippen LogP contribution in [0.1, 0.15) is 54.9 Å². The summed E-state index contributed by atoms with van der Waals surface area (Å²) < 4.78 is 54.7. The third kappa shape index (κ3) is 7.16. The smallest absolute Gasteiger partial charge is 0.403 e. The first-order valence-corrected chi connectivity index (χ1v) is 9.77. The highest BCUT2D eigenvalue weighted by Gasteiger charge is 2.54. The van der Waals surface area contributed by atoms with Crippen molar-refractivity contribution < 1.29 is 31.9 Å². The SMILES string of the molecule is CCOP(=O)(OCC)C(F)(F)COC(=O)C(CC(C)(C)C)C(C)C. The third-order valence-corrected chi connectivity index (χ3v) is 5.45. The number of halogens is 2. The van der Waals surface area contributed by atoms with Crippen LogP contribution < -0.4 is 0 Å². The molecule has 0 N–H and O–H groups in total. The lowest BCUT2D eigenvalue weighted by Crippen LogP contribution is -2.33. The molecule has 0 saturated carbocycles. The average molecular weight is 372 g/mol. The van der Waals surface area contributed by atoms with Gasteiger partial charge in [-0.3, -0.25) is 9.36 Å². The second kappa shape index (κ2) is 9.25. The Morgan fingerprint density at radius 3 is 1.88 bits per heavy atom. The maximum absolute atomic E-state index is 14.2. The van der Waals surface area contributed by atoms with Crippen LogP contribution in [0.4, 0.5) is 8.78 Å². The van der Waals surface area contributed by atoms with Gasteiger partial charge in [0.15, 0.2) is 6.61 Å². The van der Waals surface area contributed by atoms with E-state index in [-0.39, 0.29) is 24.5 Å². The second-order valence-electron chi connectivity index (χ2n) is 7.22. The van der Waals surface area contributed by atoms with Gasteiger partial charge in [-0.1, -0.05) is 34.6 Å². The Balaban J connectivity index is 5.05. The number of esters is 1. The fourth-order valence-corrected chi connectivity index (χ4v) is 3.52. The van der Waals surface area contributed by atoms with Gasteiger partial charge in [-0.05, 0) is 31.6 Å². The number of hydrogen-bond acceptors (Lipinski definition) is 5. The quantitative estimate of drug-likeness (QED) is 0.394. The first kappa shape index (κ1) is 23.5. The normalized spacial score (nSPS) is 14.8. The molecule has 0 saturated heterocycles. The van der Waals surface area contributed by atoms with Crippen molar-refractivity contribution in [3.8, 4) is 0 Å². The zero-order valence-corrected chi connectivity index (χ0v) is 16.6. The maximum Gasteiger partial charge on any atom is 0.403 e. The molecular weight excluding hydrogens is 341 g/mol. The molecular formula is C16H31F2O5P. The summed E-state index contributed by atoms with van der Waals surface area (Å²) in [6.45, 7) is 10.7. The van der Waals surface area contributed by atoms with Crippen molar-refractivity contribution in [1.82, 2.24) is 0 Å². The molecule has 0 aliphatic carbocycles. The summed E-state index contributed by atoms with van der Waals surface area (Å²) in [4.78, 5) is 12.2. The summed E-state index contributed by atoms with van der Waals surface area (Å²) in [5, 5.41) is 0. The van der Waals surface area contributed by atoms with Gasteiger partial charge in [-0.15, -0.1) is 0 Å². The average Bonchev–Trinajstić information content (AvgIpc) is 2.41. The van der Waals surface area contributed by atoms with Crippen LogP contribution in [-0.4, -0.2) is 31.5 Å². The van der Waals surface area contributed by atoms with E-state index in [4.69, 9.17) is 4.74 Å². The number of rotatable bonds is 10. The van der Waals surface area contributed by atoms with Crippen LogP contribution >= 0.6 is 7.60 Å². The highest BCUT2D eigenvalue weighted by Crippen LogP contribution is 2.61. The van der Waals surface area contributed by atoms with Crippen LogP contribution in [-0.2, 0) is 23.1 Å². The summed E-state index contributed by atoms with van der Waals surface area (Å²) >= 11 is 0. The van der Waals surface area contributed by atoms with E-state index < -0.39 is 31.8 Å². The van der Waals surface area contributed by atoms with Gasteiger partial charge in [0, 0.05) is 0 Å². The lowest BCUT2D eigenvalue weighted by Gasteiger charge is -2.29. The van der Waals surface area contributed by atoms with Crippen molar-refractivity contribution in [2.45, 2.75) is 60.6 Å². The monoisotopic (exact) mass is 372 g/mol. The number of alkyl halides is 2. The van der Waals surface area contributed by atoms with E-state index >= 15 is 0 Å².